The lowest BCUT2D eigenvalue weighted by Crippen LogP contribution is -2.69. The number of halogens is 2. The Morgan fingerprint density at radius 3 is 2.49 bits per heavy atom. The van der Waals surface area contributed by atoms with E-state index in [1.807, 2.05) is 20.8 Å². The lowest BCUT2D eigenvalue weighted by molar-refractivity contribution is -0.218. The smallest absolute Gasteiger partial charge is 0.320 e. The largest absolute Gasteiger partial charge is 0.480 e. The fourth-order valence-electron chi connectivity index (χ4n) is 8.60. The zero-order valence-corrected chi connectivity index (χ0v) is 25.3. The second-order valence-corrected chi connectivity index (χ2v) is 13.3. The number of alkyl halides is 2. The van der Waals surface area contributed by atoms with Crippen LogP contribution in [0.25, 0.3) is 0 Å². The topological polar surface area (TPSA) is 150 Å². The highest BCUT2D eigenvalue weighted by Gasteiger charge is 2.74. The van der Waals surface area contributed by atoms with Gasteiger partial charge in [0, 0.05) is 30.1 Å². The summed E-state index contributed by atoms with van der Waals surface area (Å²) in [6.07, 6.45) is 1.77. The molecule has 0 aliphatic heterocycles. The second-order valence-electron chi connectivity index (χ2n) is 13.3. The van der Waals surface area contributed by atoms with Crippen molar-refractivity contribution in [2.24, 2.45) is 40.2 Å². The maximum Gasteiger partial charge on any atom is 0.320 e. The molecule has 1 unspecified atom stereocenters. The van der Waals surface area contributed by atoms with Crippen LogP contribution in [-0.4, -0.2) is 65.2 Å². The van der Waals surface area contributed by atoms with Gasteiger partial charge in [0.15, 0.2) is 17.2 Å². The van der Waals surface area contributed by atoms with Gasteiger partial charge in [0.05, 0.1) is 0 Å². The Morgan fingerprint density at radius 2 is 1.84 bits per heavy atom. The van der Waals surface area contributed by atoms with Crippen molar-refractivity contribution in [3.63, 3.8) is 0 Å². The van der Waals surface area contributed by atoms with Crippen LogP contribution in [-0.2, 0) is 33.4 Å². The van der Waals surface area contributed by atoms with Crippen molar-refractivity contribution in [2.45, 2.75) is 103 Å². The van der Waals surface area contributed by atoms with Gasteiger partial charge in [0.25, 0.3) is 0 Å². The lowest BCUT2D eigenvalue weighted by atomic mass is 9.44. The third-order valence-electron chi connectivity index (χ3n) is 10.7. The molecular formula is C32H43F2NO8. The molecule has 43 heavy (non-hydrogen) atoms. The number of Topliss-reactive ketones (excluding diaryl/α,β-unsaturated/α-hetero) is 1. The van der Waals surface area contributed by atoms with Crippen LogP contribution >= 0.6 is 0 Å². The Bertz CT molecular complexity index is 1230. The summed E-state index contributed by atoms with van der Waals surface area (Å²) < 4.78 is 45.1. The van der Waals surface area contributed by atoms with Crippen molar-refractivity contribution in [1.29, 1.82) is 0 Å². The summed E-state index contributed by atoms with van der Waals surface area (Å²) in [4.78, 5) is 62.2. The SMILES string of the molecule is CCCCC(=O)OCC(=O)[C@H]1[C@H](C)C[C@H]2[C@@H]3C[C@H](F)C4=CC(=O)C=C[C@]4(C)[C@@]3(F)[C@@H](OC(=O)CCC(N)C(=O)O)C[C@@]21C. The molecule has 238 valence electrons. The van der Waals surface area contributed by atoms with Gasteiger partial charge in [0.2, 0.25) is 0 Å². The van der Waals surface area contributed by atoms with E-state index in [2.05, 4.69) is 0 Å². The van der Waals surface area contributed by atoms with Crippen molar-refractivity contribution in [1.82, 2.24) is 0 Å². The molecule has 0 aromatic carbocycles. The van der Waals surface area contributed by atoms with Gasteiger partial charge in [-0.3, -0.25) is 24.0 Å². The molecule has 0 heterocycles. The number of carbonyl (C=O) groups is 5. The maximum atomic E-state index is 18.1. The molecule has 0 amide bonds. The van der Waals surface area contributed by atoms with E-state index in [1.54, 1.807) is 0 Å². The number of fused-ring (bicyclic) bond motifs is 5. The quantitative estimate of drug-likeness (QED) is 0.329. The number of aliphatic carboxylic acids is 1. The molecule has 4 rings (SSSR count). The fraction of sp³-hybridized carbons (Fsp3) is 0.719. The Hall–Kier alpha value is -2.95. The summed E-state index contributed by atoms with van der Waals surface area (Å²) in [6, 6.07) is -1.31. The molecule has 3 N–H and O–H groups in total. The van der Waals surface area contributed by atoms with E-state index in [0.717, 1.165) is 12.5 Å². The van der Waals surface area contributed by atoms with Crippen LogP contribution in [0.3, 0.4) is 0 Å². The molecule has 11 heteroatoms. The molecule has 3 saturated carbocycles. The van der Waals surface area contributed by atoms with E-state index in [9.17, 15) is 24.0 Å². The molecule has 4 aliphatic carbocycles. The second kappa shape index (κ2) is 12.2. The number of nitrogens with two attached hydrogens (primary N) is 1. The number of ether oxygens (including phenoxy) is 2. The van der Waals surface area contributed by atoms with Crippen molar-refractivity contribution in [3.05, 3.63) is 23.8 Å². The number of allylic oxidation sites excluding steroid dienone is 4. The zero-order valence-electron chi connectivity index (χ0n) is 25.3. The van der Waals surface area contributed by atoms with Crippen LogP contribution < -0.4 is 5.73 Å². The van der Waals surface area contributed by atoms with Crippen LogP contribution in [0.2, 0.25) is 0 Å². The van der Waals surface area contributed by atoms with Crippen LogP contribution in [0.4, 0.5) is 8.78 Å². The number of hydrogen-bond acceptors (Lipinski definition) is 8. The number of carboxylic acids is 1. The Labute approximate surface area is 250 Å². The van der Waals surface area contributed by atoms with Gasteiger partial charge in [-0.25, -0.2) is 8.78 Å². The highest BCUT2D eigenvalue weighted by molar-refractivity contribution is 6.01. The molecule has 0 aromatic rings. The molecule has 0 aromatic heterocycles. The number of ketones is 2. The summed E-state index contributed by atoms with van der Waals surface area (Å²) in [5.74, 6) is -5.71. The summed E-state index contributed by atoms with van der Waals surface area (Å²) in [5.41, 5.74) is 0.709. The summed E-state index contributed by atoms with van der Waals surface area (Å²) in [6.45, 7) is 6.74. The van der Waals surface area contributed by atoms with Crippen LogP contribution in [0.5, 0.6) is 0 Å². The third kappa shape index (κ3) is 5.69. The highest BCUT2D eigenvalue weighted by Crippen LogP contribution is 2.70. The number of esters is 2. The average molecular weight is 608 g/mol. The molecule has 10 atom stereocenters. The van der Waals surface area contributed by atoms with E-state index >= 15 is 8.78 Å². The number of carboxylic acid groups (broad SMARTS) is 1. The predicted molar refractivity (Wildman–Crippen MR) is 151 cm³/mol. The zero-order chi connectivity index (χ0) is 31.9. The van der Waals surface area contributed by atoms with Gasteiger partial charge in [-0.15, -0.1) is 0 Å². The minimum Gasteiger partial charge on any atom is -0.480 e. The maximum absolute atomic E-state index is 18.1. The van der Waals surface area contributed by atoms with Crippen LogP contribution in [0, 0.1) is 34.5 Å². The monoisotopic (exact) mass is 607 g/mol. The third-order valence-corrected chi connectivity index (χ3v) is 10.7. The molecule has 0 spiro atoms. The van der Waals surface area contributed by atoms with Crippen LogP contribution in [0.15, 0.2) is 23.8 Å². The predicted octanol–water partition coefficient (Wildman–Crippen LogP) is 4.21. The fourth-order valence-corrected chi connectivity index (χ4v) is 8.60. The lowest BCUT2D eigenvalue weighted by Gasteiger charge is -2.62. The minimum atomic E-state index is -2.32. The molecule has 0 radical (unpaired) electrons. The summed E-state index contributed by atoms with van der Waals surface area (Å²) in [5, 5.41) is 9.11. The van der Waals surface area contributed by atoms with E-state index in [-0.39, 0.29) is 49.4 Å². The van der Waals surface area contributed by atoms with Crippen molar-refractivity contribution in [3.8, 4) is 0 Å². The van der Waals surface area contributed by atoms with E-state index in [4.69, 9.17) is 20.3 Å². The van der Waals surface area contributed by atoms with E-state index < -0.39 is 82.9 Å². The Morgan fingerprint density at radius 1 is 1.14 bits per heavy atom. The number of carbonyl (C=O) groups excluding carboxylic acids is 4. The van der Waals surface area contributed by atoms with Gasteiger partial charge in [-0.05, 0) is 74.0 Å². The molecule has 0 bridgehead atoms. The van der Waals surface area contributed by atoms with E-state index in [1.165, 1.54) is 19.1 Å². The molecule has 4 aliphatic rings. The number of hydrogen-bond donors (Lipinski definition) is 2. The molecule has 0 saturated heterocycles. The first-order chi connectivity index (χ1) is 20.1. The summed E-state index contributed by atoms with van der Waals surface area (Å²) >= 11 is 0. The van der Waals surface area contributed by atoms with E-state index in [0.29, 0.717) is 12.8 Å². The Balaban J connectivity index is 1.70. The van der Waals surface area contributed by atoms with Crippen LogP contribution in [0.1, 0.15) is 79.1 Å². The number of unbranched alkanes of at least 4 members (excludes halogenated alkanes) is 1. The van der Waals surface area contributed by atoms with Crippen molar-refractivity contribution < 1.29 is 47.3 Å². The van der Waals surface area contributed by atoms with Crippen molar-refractivity contribution in [2.75, 3.05) is 6.61 Å². The first-order valence-electron chi connectivity index (χ1n) is 15.2. The Kier molecular flexibility index (Phi) is 9.36. The normalized spacial score (nSPS) is 38.7. The molecule has 3 fully saturated rings. The average Bonchev–Trinajstić information content (AvgIpc) is 3.21. The number of rotatable bonds is 11. The van der Waals surface area contributed by atoms with Gasteiger partial charge < -0.3 is 20.3 Å². The summed E-state index contributed by atoms with van der Waals surface area (Å²) in [7, 11) is 0. The van der Waals surface area contributed by atoms with Gasteiger partial charge in [-0.1, -0.05) is 33.3 Å². The van der Waals surface area contributed by atoms with Gasteiger partial charge >= 0.3 is 17.9 Å². The first kappa shape index (κ1) is 33.0. The first-order valence-corrected chi connectivity index (χ1v) is 15.2. The van der Waals surface area contributed by atoms with Gasteiger partial charge in [-0.2, -0.15) is 0 Å². The minimum absolute atomic E-state index is 0.00559. The standard InChI is InChI=1S/C32H43F2NO8/c1-5-6-7-26(38)42-16-24(37)28-17(2)12-19-20-14-22(33)21-13-18(36)10-11-31(21,4)32(20,34)25(15-30(19,28)3)43-27(39)9-8-23(35)29(40)41/h10-11,13,17,19-20,22-23,25,28H,5-9,12,14-16,35H2,1-4H3,(H,40,41)/t17-,19+,20+,22+,23?,25+,28-,30+,31+,32+/m1/s1. The van der Waals surface area contributed by atoms with Gasteiger partial charge in [0.1, 0.15) is 24.9 Å². The van der Waals surface area contributed by atoms with Crippen molar-refractivity contribution >= 4 is 29.5 Å². The molecule has 9 nitrogen and oxygen atoms in total. The molecular weight excluding hydrogens is 564 g/mol. The highest BCUT2D eigenvalue weighted by atomic mass is 19.1.